The molecular formula is C12H15N3O2S. The quantitative estimate of drug-likeness (QED) is 0.903. The maximum absolute atomic E-state index is 12.0. The van der Waals surface area contributed by atoms with Crippen molar-refractivity contribution in [3.05, 3.63) is 47.8 Å². The highest BCUT2D eigenvalue weighted by molar-refractivity contribution is 7.89. The summed E-state index contributed by atoms with van der Waals surface area (Å²) in [7, 11) is -1.63. The number of aromatic nitrogens is 2. The fourth-order valence-electron chi connectivity index (χ4n) is 1.57. The lowest BCUT2D eigenvalue weighted by atomic mass is 10.3. The van der Waals surface area contributed by atoms with E-state index in [1.54, 1.807) is 41.2 Å². The van der Waals surface area contributed by atoms with E-state index in [2.05, 4.69) is 9.82 Å². The summed E-state index contributed by atoms with van der Waals surface area (Å²) in [5, 5.41) is 4.07. The molecule has 1 aromatic heterocycles. The molecule has 96 valence electrons. The number of benzene rings is 1. The van der Waals surface area contributed by atoms with Gasteiger partial charge in [-0.15, -0.1) is 0 Å². The van der Waals surface area contributed by atoms with E-state index in [0.717, 1.165) is 11.3 Å². The molecule has 0 saturated heterocycles. The molecule has 0 atom stereocenters. The molecule has 0 aliphatic heterocycles. The molecule has 1 heterocycles. The van der Waals surface area contributed by atoms with Crippen molar-refractivity contribution in [2.75, 3.05) is 0 Å². The maximum Gasteiger partial charge on any atom is 0.240 e. The Balaban J connectivity index is 2.13. The van der Waals surface area contributed by atoms with E-state index in [-0.39, 0.29) is 11.4 Å². The lowest BCUT2D eigenvalue weighted by Gasteiger charge is -2.06. The second kappa shape index (κ2) is 4.91. The molecule has 5 nitrogen and oxygen atoms in total. The van der Waals surface area contributed by atoms with Crippen LogP contribution in [-0.2, 0) is 23.6 Å². The van der Waals surface area contributed by atoms with Crippen LogP contribution in [0.1, 0.15) is 11.3 Å². The molecule has 0 unspecified atom stereocenters. The van der Waals surface area contributed by atoms with Crippen LogP contribution in [0.2, 0.25) is 0 Å². The third kappa shape index (κ3) is 2.60. The van der Waals surface area contributed by atoms with Crippen molar-refractivity contribution >= 4 is 10.0 Å². The van der Waals surface area contributed by atoms with Crippen molar-refractivity contribution in [1.82, 2.24) is 14.5 Å². The summed E-state index contributed by atoms with van der Waals surface area (Å²) in [6.07, 6.45) is 1.67. The highest BCUT2D eigenvalue weighted by Crippen LogP contribution is 2.10. The molecule has 0 fully saturated rings. The van der Waals surface area contributed by atoms with Gasteiger partial charge in [0.25, 0.3) is 0 Å². The van der Waals surface area contributed by atoms with Gasteiger partial charge in [0.1, 0.15) is 0 Å². The number of sulfonamides is 1. The van der Waals surface area contributed by atoms with Crippen LogP contribution >= 0.6 is 0 Å². The zero-order chi connectivity index (χ0) is 13.2. The molecular weight excluding hydrogens is 250 g/mol. The van der Waals surface area contributed by atoms with Crippen LogP contribution < -0.4 is 4.72 Å². The minimum absolute atomic E-state index is 0.247. The van der Waals surface area contributed by atoms with E-state index in [0.29, 0.717) is 0 Å². The zero-order valence-electron chi connectivity index (χ0n) is 10.3. The van der Waals surface area contributed by atoms with Crippen LogP contribution in [0.4, 0.5) is 0 Å². The Morgan fingerprint density at radius 2 is 1.94 bits per heavy atom. The number of hydrogen-bond donors (Lipinski definition) is 1. The fraction of sp³-hybridized carbons (Fsp3) is 0.250. The van der Waals surface area contributed by atoms with Gasteiger partial charge in [-0.25, -0.2) is 13.1 Å². The van der Waals surface area contributed by atoms with E-state index in [1.165, 1.54) is 0 Å². The van der Waals surface area contributed by atoms with Crippen molar-refractivity contribution in [2.45, 2.75) is 18.4 Å². The molecule has 1 N–H and O–H groups in total. The number of rotatable bonds is 4. The lowest BCUT2D eigenvalue weighted by Crippen LogP contribution is -2.23. The zero-order valence-corrected chi connectivity index (χ0v) is 11.1. The molecule has 0 radical (unpaired) electrons. The largest absolute Gasteiger partial charge is 0.273 e. The topological polar surface area (TPSA) is 64.0 Å². The number of nitrogens with zero attached hydrogens (tertiary/aromatic N) is 2. The van der Waals surface area contributed by atoms with Crippen LogP contribution in [0.15, 0.2) is 41.4 Å². The van der Waals surface area contributed by atoms with Crippen molar-refractivity contribution in [2.24, 2.45) is 7.05 Å². The molecule has 2 rings (SSSR count). The summed E-state index contributed by atoms with van der Waals surface area (Å²) < 4.78 is 28.2. The van der Waals surface area contributed by atoms with Gasteiger partial charge < -0.3 is 0 Å². The van der Waals surface area contributed by atoms with Crippen LogP contribution in [0.25, 0.3) is 0 Å². The van der Waals surface area contributed by atoms with Crippen molar-refractivity contribution in [1.29, 1.82) is 0 Å². The van der Waals surface area contributed by atoms with Gasteiger partial charge in [0, 0.05) is 24.8 Å². The number of nitrogens with one attached hydrogen (secondary N) is 1. The molecule has 0 aliphatic carbocycles. The number of aryl methyl sites for hydroxylation is 1. The molecule has 1 aromatic carbocycles. The van der Waals surface area contributed by atoms with Gasteiger partial charge in [-0.3, -0.25) is 4.68 Å². The number of hydrogen-bond acceptors (Lipinski definition) is 3. The van der Waals surface area contributed by atoms with Crippen molar-refractivity contribution in [3.8, 4) is 0 Å². The Hall–Kier alpha value is -1.66. The van der Waals surface area contributed by atoms with Gasteiger partial charge in [-0.1, -0.05) is 18.2 Å². The van der Waals surface area contributed by atoms with Crippen molar-refractivity contribution in [3.63, 3.8) is 0 Å². The van der Waals surface area contributed by atoms with E-state index in [4.69, 9.17) is 0 Å². The molecule has 0 saturated carbocycles. The minimum atomic E-state index is -3.45. The third-order valence-electron chi connectivity index (χ3n) is 2.84. The molecule has 18 heavy (non-hydrogen) atoms. The first kappa shape index (κ1) is 12.8. The normalized spacial score (nSPS) is 11.7. The van der Waals surface area contributed by atoms with E-state index < -0.39 is 10.0 Å². The fourth-order valence-corrected chi connectivity index (χ4v) is 2.60. The highest BCUT2D eigenvalue weighted by atomic mass is 32.2. The lowest BCUT2D eigenvalue weighted by molar-refractivity contribution is 0.581. The van der Waals surface area contributed by atoms with Crippen LogP contribution in [0, 0.1) is 6.92 Å². The average molecular weight is 265 g/mol. The standard InChI is InChI=1S/C12H15N3O2S/c1-10-11(8-13-15(10)2)9-14-18(16,17)12-6-4-3-5-7-12/h3-8,14H,9H2,1-2H3. The van der Waals surface area contributed by atoms with E-state index >= 15 is 0 Å². The Morgan fingerprint density at radius 1 is 1.28 bits per heavy atom. The average Bonchev–Trinajstić information content (AvgIpc) is 2.69. The van der Waals surface area contributed by atoms with Crippen molar-refractivity contribution < 1.29 is 8.42 Å². The summed E-state index contributed by atoms with van der Waals surface area (Å²) in [5.74, 6) is 0. The van der Waals surface area contributed by atoms with Crippen LogP contribution in [-0.4, -0.2) is 18.2 Å². The summed E-state index contributed by atoms with van der Waals surface area (Å²) >= 11 is 0. The predicted octanol–water partition coefficient (Wildman–Crippen LogP) is 1.21. The first-order chi connectivity index (χ1) is 8.50. The van der Waals surface area contributed by atoms with Gasteiger partial charge >= 0.3 is 0 Å². The van der Waals surface area contributed by atoms with Crippen LogP contribution in [0.5, 0.6) is 0 Å². The molecule has 6 heteroatoms. The smallest absolute Gasteiger partial charge is 0.240 e. The Morgan fingerprint density at radius 3 is 2.50 bits per heavy atom. The van der Waals surface area contributed by atoms with E-state index in [9.17, 15) is 8.42 Å². The molecule has 2 aromatic rings. The Labute approximate surface area is 107 Å². The molecule has 0 bridgehead atoms. The highest BCUT2D eigenvalue weighted by Gasteiger charge is 2.14. The molecule has 0 amide bonds. The SMILES string of the molecule is Cc1c(CNS(=O)(=O)c2ccccc2)cnn1C. The van der Waals surface area contributed by atoms with E-state index in [1.807, 2.05) is 14.0 Å². The van der Waals surface area contributed by atoms with Gasteiger partial charge in [0.05, 0.1) is 11.1 Å². The van der Waals surface area contributed by atoms with Gasteiger partial charge in [0.2, 0.25) is 10.0 Å². The van der Waals surface area contributed by atoms with Gasteiger partial charge in [0.15, 0.2) is 0 Å². The monoisotopic (exact) mass is 265 g/mol. The maximum atomic E-state index is 12.0. The summed E-state index contributed by atoms with van der Waals surface area (Å²) in [4.78, 5) is 0.270. The second-order valence-corrected chi connectivity index (χ2v) is 5.78. The van der Waals surface area contributed by atoms with Gasteiger partial charge in [-0.2, -0.15) is 5.10 Å². The van der Waals surface area contributed by atoms with Gasteiger partial charge in [-0.05, 0) is 19.1 Å². The predicted molar refractivity (Wildman–Crippen MR) is 68.4 cm³/mol. The first-order valence-electron chi connectivity index (χ1n) is 5.53. The Kier molecular flexibility index (Phi) is 3.49. The summed E-state index contributed by atoms with van der Waals surface area (Å²) in [6, 6.07) is 8.31. The minimum Gasteiger partial charge on any atom is -0.273 e. The van der Waals surface area contributed by atoms with Crippen LogP contribution in [0.3, 0.4) is 0 Å². The Bertz CT molecular complexity index is 633. The molecule has 0 spiro atoms. The molecule has 0 aliphatic rings. The summed E-state index contributed by atoms with van der Waals surface area (Å²) in [5.41, 5.74) is 1.82. The second-order valence-electron chi connectivity index (χ2n) is 4.02. The third-order valence-corrected chi connectivity index (χ3v) is 4.26. The first-order valence-corrected chi connectivity index (χ1v) is 7.01. The summed E-state index contributed by atoms with van der Waals surface area (Å²) in [6.45, 7) is 2.15.